The summed E-state index contributed by atoms with van der Waals surface area (Å²) < 4.78 is 8.37. The Morgan fingerprint density at radius 1 is 0.500 bits per heavy atom. The smallest absolute Gasteiger partial charge is 0.168 e. The summed E-state index contributed by atoms with van der Waals surface area (Å²) in [5.74, 6) is 0.845. The SMILES string of the molecule is c1ccc2c(c1)ccc1nnc(-c3ccc(-c4ccc(-c5cccc6c5oc5ccccc56)cc4)cc3)n12. The van der Waals surface area contributed by atoms with Gasteiger partial charge in [-0.1, -0.05) is 103 Å². The third-order valence-corrected chi connectivity index (χ3v) is 7.35. The minimum Gasteiger partial charge on any atom is -0.455 e. The Bertz CT molecular complexity index is 2120. The molecule has 0 fully saturated rings. The molecule has 0 aliphatic heterocycles. The molecule has 3 aromatic heterocycles. The number of furan rings is 1. The van der Waals surface area contributed by atoms with Gasteiger partial charge in [0.05, 0.1) is 5.52 Å². The van der Waals surface area contributed by atoms with Gasteiger partial charge in [0, 0.05) is 21.9 Å². The lowest BCUT2D eigenvalue weighted by Gasteiger charge is -2.08. The second-order valence-electron chi connectivity index (χ2n) is 9.54. The molecule has 0 aliphatic rings. The van der Waals surface area contributed by atoms with E-state index in [4.69, 9.17) is 4.42 Å². The van der Waals surface area contributed by atoms with Gasteiger partial charge < -0.3 is 4.42 Å². The Morgan fingerprint density at radius 3 is 2.03 bits per heavy atom. The summed E-state index contributed by atoms with van der Waals surface area (Å²) in [5.41, 5.74) is 9.38. The van der Waals surface area contributed by atoms with Crippen molar-refractivity contribution in [3.8, 4) is 33.6 Å². The summed E-state index contributed by atoms with van der Waals surface area (Å²) in [4.78, 5) is 0. The van der Waals surface area contributed by atoms with Crippen LogP contribution in [0.4, 0.5) is 0 Å². The van der Waals surface area contributed by atoms with Crippen molar-refractivity contribution in [3.05, 3.63) is 127 Å². The van der Waals surface area contributed by atoms with E-state index in [1.54, 1.807) is 0 Å². The molecule has 178 valence electrons. The molecule has 4 heteroatoms. The van der Waals surface area contributed by atoms with Crippen molar-refractivity contribution < 1.29 is 4.42 Å². The van der Waals surface area contributed by atoms with Gasteiger partial charge in [-0.2, -0.15) is 0 Å². The average Bonchev–Trinajstić information content (AvgIpc) is 3.60. The van der Waals surface area contributed by atoms with Crippen LogP contribution in [-0.4, -0.2) is 14.6 Å². The summed E-state index contributed by atoms with van der Waals surface area (Å²) in [6.45, 7) is 0. The molecule has 0 atom stereocenters. The van der Waals surface area contributed by atoms with Gasteiger partial charge in [-0.3, -0.25) is 4.40 Å². The molecule has 0 spiro atoms. The monoisotopic (exact) mass is 487 g/mol. The van der Waals surface area contributed by atoms with Gasteiger partial charge in [0.15, 0.2) is 11.5 Å². The number of nitrogens with zero attached hydrogens (tertiary/aromatic N) is 3. The van der Waals surface area contributed by atoms with Gasteiger partial charge in [-0.15, -0.1) is 10.2 Å². The van der Waals surface area contributed by atoms with Crippen molar-refractivity contribution in [2.24, 2.45) is 0 Å². The molecule has 5 aromatic carbocycles. The number of para-hydroxylation sites is 3. The molecule has 8 aromatic rings. The van der Waals surface area contributed by atoms with E-state index in [-0.39, 0.29) is 0 Å². The lowest BCUT2D eigenvalue weighted by atomic mass is 9.98. The van der Waals surface area contributed by atoms with E-state index in [9.17, 15) is 0 Å². The minimum atomic E-state index is 0.845. The fourth-order valence-corrected chi connectivity index (χ4v) is 5.45. The van der Waals surface area contributed by atoms with E-state index >= 15 is 0 Å². The van der Waals surface area contributed by atoms with E-state index in [0.717, 1.165) is 72.1 Å². The van der Waals surface area contributed by atoms with Gasteiger partial charge in [0.1, 0.15) is 11.2 Å². The number of rotatable bonds is 3. The van der Waals surface area contributed by atoms with Crippen LogP contribution in [0.25, 0.3) is 72.1 Å². The maximum Gasteiger partial charge on any atom is 0.168 e. The minimum absolute atomic E-state index is 0.845. The van der Waals surface area contributed by atoms with Crippen LogP contribution < -0.4 is 0 Å². The molecule has 4 nitrogen and oxygen atoms in total. The Kier molecular flexibility index (Phi) is 4.49. The zero-order valence-electron chi connectivity index (χ0n) is 20.4. The van der Waals surface area contributed by atoms with Crippen LogP contribution in [0.3, 0.4) is 0 Å². The summed E-state index contributed by atoms with van der Waals surface area (Å²) in [7, 11) is 0. The first kappa shape index (κ1) is 20.9. The number of pyridine rings is 1. The maximum atomic E-state index is 6.25. The second-order valence-corrected chi connectivity index (χ2v) is 9.54. The van der Waals surface area contributed by atoms with E-state index in [1.807, 2.05) is 24.3 Å². The number of fused-ring (bicyclic) bond motifs is 6. The van der Waals surface area contributed by atoms with E-state index in [2.05, 4.69) is 118 Å². The fraction of sp³-hybridized carbons (Fsp3) is 0. The molecule has 0 N–H and O–H groups in total. The maximum absolute atomic E-state index is 6.25. The van der Waals surface area contributed by atoms with Gasteiger partial charge in [0.25, 0.3) is 0 Å². The highest BCUT2D eigenvalue weighted by Crippen LogP contribution is 2.36. The van der Waals surface area contributed by atoms with Crippen molar-refractivity contribution in [2.75, 3.05) is 0 Å². The van der Waals surface area contributed by atoms with Crippen LogP contribution in [0, 0.1) is 0 Å². The molecule has 8 rings (SSSR count). The normalized spacial score (nSPS) is 11.7. The fourth-order valence-electron chi connectivity index (χ4n) is 5.45. The topological polar surface area (TPSA) is 43.3 Å². The van der Waals surface area contributed by atoms with Crippen molar-refractivity contribution in [2.45, 2.75) is 0 Å². The van der Waals surface area contributed by atoms with Gasteiger partial charge in [-0.05, 0) is 46.3 Å². The first-order valence-corrected chi connectivity index (χ1v) is 12.7. The average molecular weight is 488 g/mol. The Morgan fingerprint density at radius 2 is 1.18 bits per heavy atom. The van der Waals surface area contributed by atoms with Crippen LogP contribution in [0.1, 0.15) is 0 Å². The first-order chi connectivity index (χ1) is 18.8. The lowest BCUT2D eigenvalue weighted by Crippen LogP contribution is -1.92. The number of benzene rings is 5. The second kappa shape index (κ2) is 8.15. The van der Waals surface area contributed by atoms with E-state index < -0.39 is 0 Å². The molecule has 0 aliphatic carbocycles. The molecular formula is C34H21N3O. The van der Waals surface area contributed by atoms with Crippen molar-refractivity contribution in [1.82, 2.24) is 14.6 Å². The van der Waals surface area contributed by atoms with Crippen LogP contribution in [-0.2, 0) is 0 Å². The molecule has 3 heterocycles. The highest BCUT2D eigenvalue weighted by atomic mass is 16.3. The third kappa shape index (κ3) is 3.17. The van der Waals surface area contributed by atoms with Crippen molar-refractivity contribution >= 4 is 38.5 Å². The molecule has 38 heavy (non-hydrogen) atoms. The Hall–Kier alpha value is -5.22. The molecule has 0 saturated heterocycles. The predicted octanol–water partition coefficient (Wildman–Crippen LogP) is 8.78. The summed E-state index contributed by atoms with van der Waals surface area (Å²) in [5, 5.41) is 12.4. The summed E-state index contributed by atoms with van der Waals surface area (Å²) in [6, 6.07) is 44.2. The largest absolute Gasteiger partial charge is 0.455 e. The van der Waals surface area contributed by atoms with Gasteiger partial charge in [-0.25, -0.2) is 0 Å². The van der Waals surface area contributed by atoms with Gasteiger partial charge in [0.2, 0.25) is 0 Å². The molecule has 0 bridgehead atoms. The molecule has 0 radical (unpaired) electrons. The molecule has 0 saturated carbocycles. The van der Waals surface area contributed by atoms with Crippen LogP contribution >= 0.6 is 0 Å². The molecule has 0 unspecified atom stereocenters. The van der Waals surface area contributed by atoms with Crippen LogP contribution in [0.15, 0.2) is 132 Å². The summed E-state index contributed by atoms with van der Waals surface area (Å²) >= 11 is 0. The van der Waals surface area contributed by atoms with Crippen molar-refractivity contribution in [3.63, 3.8) is 0 Å². The van der Waals surface area contributed by atoms with E-state index in [1.165, 1.54) is 0 Å². The zero-order chi connectivity index (χ0) is 25.1. The quantitative estimate of drug-likeness (QED) is 0.250. The Balaban J connectivity index is 1.15. The predicted molar refractivity (Wildman–Crippen MR) is 154 cm³/mol. The lowest BCUT2D eigenvalue weighted by molar-refractivity contribution is 0.670. The van der Waals surface area contributed by atoms with Crippen LogP contribution in [0.2, 0.25) is 0 Å². The standard InChI is InChI=1S/C34H21N3O/c1-3-10-30-25(6-1)20-21-32-35-36-34(37(30)32)26-18-14-23(15-19-26)22-12-16-24(17-13-22)27-8-5-9-29-28-7-2-4-11-31(28)38-33(27)29/h1-21H. The first-order valence-electron chi connectivity index (χ1n) is 12.7. The third-order valence-electron chi connectivity index (χ3n) is 7.35. The highest BCUT2D eigenvalue weighted by molar-refractivity contribution is 6.09. The molecule has 0 amide bonds. The number of hydrogen-bond donors (Lipinski definition) is 0. The number of hydrogen-bond acceptors (Lipinski definition) is 3. The number of aromatic nitrogens is 3. The summed E-state index contributed by atoms with van der Waals surface area (Å²) in [6.07, 6.45) is 0. The van der Waals surface area contributed by atoms with Crippen LogP contribution in [0.5, 0.6) is 0 Å². The van der Waals surface area contributed by atoms with E-state index in [0.29, 0.717) is 0 Å². The highest BCUT2D eigenvalue weighted by Gasteiger charge is 2.13. The Labute approximate surface area is 218 Å². The van der Waals surface area contributed by atoms with Gasteiger partial charge >= 0.3 is 0 Å². The molecular weight excluding hydrogens is 466 g/mol. The van der Waals surface area contributed by atoms with Crippen molar-refractivity contribution in [1.29, 1.82) is 0 Å². The zero-order valence-corrected chi connectivity index (χ0v) is 20.4.